The number of morpholine rings is 1. The lowest BCUT2D eigenvalue weighted by atomic mass is 10.1. The molecule has 0 spiro atoms. The van der Waals surface area contributed by atoms with Gasteiger partial charge < -0.3 is 19.7 Å². The maximum atomic E-state index is 13.2. The number of ether oxygens (including phenoxy) is 2. The summed E-state index contributed by atoms with van der Waals surface area (Å²) in [4.78, 5) is 15.1. The quantitative estimate of drug-likeness (QED) is 0.686. The van der Waals surface area contributed by atoms with E-state index < -0.39 is 10.0 Å². The van der Waals surface area contributed by atoms with Crippen molar-refractivity contribution < 1.29 is 22.7 Å². The van der Waals surface area contributed by atoms with Gasteiger partial charge in [0, 0.05) is 39.2 Å². The third-order valence-electron chi connectivity index (χ3n) is 6.26. The van der Waals surface area contributed by atoms with Crippen LogP contribution in [0.5, 0.6) is 0 Å². The number of carbonyl (C=O) groups is 1. The summed E-state index contributed by atoms with van der Waals surface area (Å²) in [5.74, 6) is -0.113. The maximum absolute atomic E-state index is 13.2. The normalized spacial score (nSPS) is 23.1. The van der Waals surface area contributed by atoms with Gasteiger partial charge in [-0.25, -0.2) is 8.42 Å². The highest BCUT2D eigenvalue weighted by Crippen LogP contribution is 2.32. The molecule has 0 saturated carbocycles. The fourth-order valence-corrected chi connectivity index (χ4v) is 6.03. The molecular formula is C22H33N3O5S. The van der Waals surface area contributed by atoms with Crippen molar-refractivity contribution in [3.8, 4) is 0 Å². The molecule has 9 heteroatoms. The van der Waals surface area contributed by atoms with Crippen molar-refractivity contribution >= 4 is 27.3 Å². The van der Waals surface area contributed by atoms with Crippen molar-refractivity contribution in [2.75, 3.05) is 56.2 Å². The summed E-state index contributed by atoms with van der Waals surface area (Å²) in [7, 11) is -3.57. The highest BCUT2D eigenvalue weighted by molar-refractivity contribution is 7.89. The van der Waals surface area contributed by atoms with E-state index >= 15 is 0 Å². The number of nitrogens with one attached hydrogen (secondary N) is 1. The van der Waals surface area contributed by atoms with Crippen molar-refractivity contribution in [2.45, 2.75) is 55.9 Å². The Hall–Kier alpha value is -1.68. The second kappa shape index (κ2) is 10.3. The standard InChI is InChI=1S/C22H33N3O5S/c26-22(9-6-18-5-4-14-30-18)23-20-17-19(31(27,28)25-10-2-1-3-11-25)7-8-21(20)24-12-15-29-16-13-24/h7-8,17-18H,1-6,9-16H2,(H,23,26). The highest BCUT2D eigenvalue weighted by atomic mass is 32.2. The van der Waals surface area contributed by atoms with E-state index in [4.69, 9.17) is 9.47 Å². The van der Waals surface area contributed by atoms with Gasteiger partial charge in [-0.3, -0.25) is 4.79 Å². The zero-order chi connectivity index (χ0) is 21.7. The molecule has 3 heterocycles. The maximum Gasteiger partial charge on any atom is 0.243 e. The minimum Gasteiger partial charge on any atom is -0.378 e. The zero-order valence-electron chi connectivity index (χ0n) is 18.1. The fourth-order valence-electron chi connectivity index (χ4n) is 4.49. The van der Waals surface area contributed by atoms with Gasteiger partial charge in [0.2, 0.25) is 15.9 Å². The van der Waals surface area contributed by atoms with Gasteiger partial charge in [-0.05, 0) is 50.3 Å². The molecule has 1 amide bonds. The van der Waals surface area contributed by atoms with Crippen molar-refractivity contribution in [3.05, 3.63) is 18.2 Å². The first-order valence-corrected chi connectivity index (χ1v) is 12.9. The Morgan fingerprint density at radius 2 is 1.81 bits per heavy atom. The SMILES string of the molecule is O=C(CCC1CCCO1)Nc1cc(S(=O)(=O)N2CCCCC2)ccc1N1CCOCC1. The number of piperidine rings is 1. The van der Waals surface area contributed by atoms with Crippen LogP contribution in [0.15, 0.2) is 23.1 Å². The molecule has 1 N–H and O–H groups in total. The second-order valence-corrected chi connectivity index (χ2v) is 10.4. The molecule has 1 aromatic rings. The summed E-state index contributed by atoms with van der Waals surface area (Å²) in [6.45, 7) is 4.51. The van der Waals surface area contributed by atoms with Gasteiger partial charge in [0.1, 0.15) is 0 Å². The number of carbonyl (C=O) groups excluding carboxylic acids is 1. The first kappa shape index (κ1) is 22.5. The number of sulfonamides is 1. The largest absolute Gasteiger partial charge is 0.378 e. The van der Waals surface area contributed by atoms with Gasteiger partial charge in [-0.15, -0.1) is 0 Å². The van der Waals surface area contributed by atoms with E-state index in [-0.39, 0.29) is 16.9 Å². The first-order valence-electron chi connectivity index (χ1n) is 11.4. The fraction of sp³-hybridized carbons (Fsp3) is 0.682. The molecule has 3 fully saturated rings. The van der Waals surface area contributed by atoms with Crippen LogP contribution in [0.2, 0.25) is 0 Å². The Bertz CT molecular complexity index is 858. The van der Waals surface area contributed by atoms with Gasteiger partial charge in [0.05, 0.1) is 35.6 Å². The van der Waals surface area contributed by atoms with Crippen LogP contribution >= 0.6 is 0 Å². The lowest BCUT2D eigenvalue weighted by molar-refractivity contribution is -0.116. The van der Waals surface area contributed by atoms with Gasteiger partial charge in [0.15, 0.2) is 0 Å². The van der Waals surface area contributed by atoms with Gasteiger partial charge >= 0.3 is 0 Å². The molecule has 4 rings (SSSR count). The number of anilines is 2. The molecule has 1 atom stereocenters. The third kappa shape index (κ3) is 5.58. The van der Waals surface area contributed by atoms with Crippen molar-refractivity contribution in [3.63, 3.8) is 0 Å². The molecule has 0 aliphatic carbocycles. The molecule has 0 radical (unpaired) electrons. The predicted molar refractivity (Wildman–Crippen MR) is 119 cm³/mol. The van der Waals surface area contributed by atoms with E-state index in [1.807, 2.05) is 6.07 Å². The van der Waals surface area contributed by atoms with Crippen LogP contribution in [-0.2, 0) is 24.3 Å². The molecule has 1 aromatic carbocycles. The van der Waals surface area contributed by atoms with Crippen LogP contribution in [0.1, 0.15) is 44.9 Å². The molecule has 0 aromatic heterocycles. The minimum atomic E-state index is -3.57. The number of nitrogens with zero attached hydrogens (tertiary/aromatic N) is 2. The molecule has 3 aliphatic heterocycles. The van der Waals surface area contributed by atoms with Crippen LogP contribution in [-0.4, -0.2) is 70.7 Å². The van der Waals surface area contributed by atoms with Gasteiger partial charge in [-0.2, -0.15) is 4.31 Å². The molecule has 0 bridgehead atoms. The lowest BCUT2D eigenvalue weighted by Crippen LogP contribution is -2.37. The summed E-state index contributed by atoms with van der Waals surface area (Å²) in [6.07, 6.45) is 6.07. The van der Waals surface area contributed by atoms with Gasteiger partial charge in [-0.1, -0.05) is 6.42 Å². The van der Waals surface area contributed by atoms with Crippen LogP contribution in [0.4, 0.5) is 11.4 Å². The third-order valence-corrected chi connectivity index (χ3v) is 8.16. The Kier molecular flexibility index (Phi) is 7.47. The van der Waals surface area contributed by atoms with Gasteiger partial charge in [0.25, 0.3) is 0 Å². The van der Waals surface area contributed by atoms with Crippen LogP contribution < -0.4 is 10.2 Å². The van der Waals surface area contributed by atoms with E-state index in [2.05, 4.69) is 10.2 Å². The summed E-state index contributed by atoms with van der Waals surface area (Å²) in [6, 6.07) is 5.10. The Morgan fingerprint density at radius 3 is 2.52 bits per heavy atom. The molecule has 1 unspecified atom stereocenters. The van der Waals surface area contributed by atoms with Crippen LogP contribution in [0, 0.1) is 0 Å². The average molecular weight is 452 g/mol. The molecule has 8 nitrogen and oxygen atoms in total. The number of rotatable bonds is 7. The molecular weight excluding hydrogens is 418 g/mol. The van der Waals surface area contributed by atoms with Crippen LogP contribution in [0.3, 0.4) is 0 Å². The summed E-state index contributed by atoms with van der Waals surface area (Å²) < 4.78 is 39.0. The molecule has 3 aliphatic rings. The predicted octanol–water partition coefficient (Wildman–Crippen LogP) is 2.60. The summed E-state index contributed by atoms with van der Waals surface area (Å²) in [5.41, 5.74) is 1.39. The number of hydrogen-bond donors (Lipinski definition) is 1. The van der Waals surface area contributed by atoms with Crippen LogP contribution in [0.25, 0.3) is 0 Å². The Balaban J connectivity index is 1.54. The lowest BCUT2D eigenvalue weighted by Gasteiger charge is -2.31. The minimum absolute atomic E-state index is 0.113. The van der Waals surface area contributed by atoms with E-state index in [1.54, 1.807) is 16.4 Å². The first-order chi connectivity index (χ1) is 15.0. The summed E-state index contributed by atoms with van der Waals surface area (Å²) in [5, 5.41) is 2.99. The monoisotopic (exact) mass is 451 g/mol. The van der Waals surface area contributed by atoms with E-state index in [9.17, 15) is 13.2 Å². The van der Waals surface area contributed by atoms with E-state index in [0.717, 1.165) is 44.4 Å². The molecule has 31 heavy (non-hydrogen) atoms. The molecule has 3 saturated heterocycles. The Morgan fingerprint density at radius 1 is 1.03 bits per heavy atom. The number of benzene rings is 1. The molecule has 172 valence electrons. The smallest absolute Gasteiger partial charge is 0.243 e. The highest BCUT2D eigenvalue weighted by Gasteiger charge is 2.28. The number of hydrogen-bond acceptors (Lipinski definition) is 6. The van der Waals surface area contributed by atoms with Crippen molar-refractivity contribution in [1.29, 1.82) is 0 Å². The van der Waals surface area contributed by atoms with Crippen molar-refractivity contribution in [2.24, 2.45) is 0 Å². The van der Waals surface area contributed by atoms with E-state index in [0.29, 0.717) is 57.9 Å². The number of amides is 1. The Labute approximate surface area is 184 Å². The average Bonchev–Trinajstić information content (AvgIpc) is 3.33. The summed E-state index contributed by atoms with van der Waals surface area (Å²) >= 11 is 0. The topological polar surface area (TPSA) is 88.2 Å². The van der Waals surface area contributed by atoms with E-state index in [1.165, 1.54) is 0 Å². The second-order valence-electron chi connectivity index (χ2n) is 8.47. The van der Waals surface area contributed by atoms with Crippen molar-refractivity contribution in [1.82, 2.24) is 4.31 Å². The zero-order valence-corrected chi connectivity index (χ0v) is 18.9.